The highest BCUT2D eigenvalue weighted by Crippen LogP contribution is 2.26. The Morgan fingerprint density at radius 3 is 2.38 bits per heavy atom. The van der Waals surface area contributed by atoms with Crippen molar-refractivity contribution in [3.8, 4) is 0 Å². The van der Waals surface area contributed by atoms with E-state index in [1.165, 1.54) is 11.1 Å². The first-order valence-corrected chi connectivity index (χ1v) is 4.95. The minimum Gasteiger partial charge on any atom is -0.0837 e. The van der Waals surface area contributed by atoms with Gasteiger partial charge in [0.25, 0.3) is 0 Å². The number of benzene rings is 1. The molecule has 0 saturated carbocycles. The zero-order valence-electron chi connectivity index (χ0n) is 8.39. The van der Waals surface area contributed by atoms with Gasteiger partial charge in [0.2, 0.25) is 0 Å². The summed E-state index contributed by atoms with van der Waals surface area (Å²) in [6, 6.07) is 7.98. The fraction of sp³-hybridized carbons (Fsp3) is 0.333. The van der Waals surface area contributed by atoms with Crippen LogP contribution in [0.1, 0.15) is 32.8 Å². The van der Waals surface area contributed by atoms with Crippen LogP contribution >= 0.6 is 11.6 Å². The van der Waals surface area contributed by atoms with Crippen molar-refractivity contribution in [1.29, 1.82) is 0 Å². The van der Waals surface area contributed by atoms with Crippen molar-refractivity contribution >= 4 is 17.2 Å². The van der Waals surface area contributed by atoms with Crippen LogP contribution in [-0.4, -0.2) is 0 Å². The largest absolute Gasteiger partial charge is 0.0837 e. The van der Waals surface area contributed by atoms with Gasteiger partial charge in [0.15, 0.2) is 0 Å². The van der Waals surface area contributed by atoms with Crippen molar-refractivity contribution in [2.24, 2.45) is 0 Å². The van der Waals surface area contributed by atoms with Crippen LogP contribution in [0.3, 0.4) is 0 Å². The van der Waals surface area contributed by atoms with Crippen LogP contribution in [0.4, 0.5) is 0 Å². The normalized spacial score (nSPS) is 12.6. The number of hydrogen-bond donors (Lipinski definition) is 0. The molecule has 0 aliphatic rings. The zero-order valence-corrected chi connectivity index (χ0v) is 9.15. The molecular weight excluding hydrogens is 180 g/mol. The van der Waals surface area contributed by atoms with Crippen LogP contribution in [0, 0.1) is 0 Å². The molecule has 0 aliphatic heterocycles. The molecule has 0 fully saturated rings. The Labute approximate surface area is 85.2 Å². The lowest BCUT2D eigenvalue weighted by Crippen LogP contribution is -1.85. The topological polar surface area (TPSA) is 0 Å². The molecule has 0 nitrogen and oxygen atoms in total. The molecule has 0 saturated heterocycles. The summed E-state index contributed by atoms with van der Waals surface area (Å²) in [6.07, 6.45) is 1.08. The smallest absolute Gasteiger partial charge is 0.0481 e. The Kier molecular flexibility index (Phi) is 3.56. The van der Waals surface area contributed by atoms with Crippen LogP contribution in [0.15, 0.2) is 29.8 Å². The van der Waals surface area contributed by atoms with Gasteiger partial charge in [-0.1, -0.05) is 42.3 Å². The molecule has 0 atom stereocenters. The van der Waals surface area contributed by atoms with Gasteiger partial charge in [0.1, 0.15) is 0 Å². The lowest BCUT2D eigenvalue weighted by molar-refractivity contribution is 1.10. The van der Waals surface area contributed by atoms with Gasteiger partial charge in [-0.3, -0.25) is 0 Å². The quantitative estimate of drug-likeness (QED) is 0.648. The van der Waals surface area contributed by atoms with Crippen molar-refractivity contribution in [3.05, 3.63) is 40.4 Å². The van der Waals surface area contributed by atoms with Crippen LogP contribution < -0.4 is 0 Å². The monoisotopic (exact) mass is 194 g/mol. The van der Waals surface area contributed by atoms with Gasteiger partial charge in [-0.2, -0.15) is 0 Å². The van der Waals surface area contributed by atoms with Gasteiger partial charge in [-0.15, -0.1) is 0 Å². The maximum Gasteiger partial charge on any atom is 0.0481 e. The Hall–Kier alpha value is -0.750. The second kappa shape index (κ2) is 4.48. The highest BCUT2D eigenvalue weighted by Gasteiger charge is 2.02. The molecule has 0 amide bonds. The summed E-state index contributed by atoms with van der Waals surface area (Å²) in [4.78, 5) is 0. The molecule has 0 heterocycles. The third-order valence-corrected chi connectivity index (χ3v) is 2.78. The summed E-state index contributed by atoms with van der Waals surface area (Å²) in [5.41, 5.74) is 3.85. The summed E-state index contributed by atoms with van der Waals surface area (Å²) < 4.78 is 0. The molecule has 1 heteroatoms. The summed E-state index contributed by atoms with van der Waals surface area (Å²) in [7, 11) is 0. The minimum absolute atomic E-state index is 0.841. The van der Waals surface area contributed by atoms with Crippen molar-refractivity contribution in [3.63, 3.8) is 0 Å². The third-order valence-electron chi connectivity index (χ3n) is 2.45. The minimum atomic E-state index is 0.841. The van der Waals surface area contributed by atoms with E-state index in [-0.39, 0.29) is 0 Å². The van der Waals surface area contributed by atoms with E-state index in [0.29, 0.717) is 0 Å². The highest BCUT2D eigenvalue weighted by atomic mass is 35.5. The maximum absolute atomic E-state index is 6.09. The Morgan fingerprint density at radius 2 is 1.85 bits per heavy atom. The average molecular weight is 195 g/mol. The van der Waals surface area contributed by atoms with Crippen molar-refractivity contribution < 1.29 is 0 Å². The zero-order chi connectivity index (χ0) is 9.84. The Balaban J connectivity index is 3.16. The maximum atomic E-state index is 6.09. The first-order valence-electron chi connectivity index (χ1n) is 4.58. The van der Waals surface area contributed by atoms with Crippen molar-refractivity contribution in [2.75, 3.05) is 0 Å². The van der Waals surface area contributed by atoms with Crippen molar-refractivity contribution in [2.45, 2.75) is 27.2 Å². The molecule has 0 unspecified atom stereocenters. The molecule has 1 rings (SSSR count). The number of rotatable bonds is 2. The van der Waals surface area contributed by atoms with E-state index in [1.807, 2.05) is 18.2 Å². The Bertz CT molecular complexity index is 324. The SMILES string of the molecule is CC/C(C)=C(/C)c1ccccc1Cl. The summed E-state index contributed by atoms with van der Waals surface area (Å²) in [6.45, 7) is 6.44. The molecule has 0 spiro atoms. The van der Waals surface area contributed by atoms with E-state index in [9.17, 15) is 0 Å². The van der Waals surface area contributed by atoms with Crippen LogP contribution in [0.2, 0.25) is 5.02 Å². The summed E-state index contributed by atoms with van der Waals surface area (Å²) in [5, 5.41) is 0.841. The average Bonchev–Trinajstić information content (AvgIpc) is 2.16. The third kappa shape index (κ3) is 2.35. The molecule has 1 aromatic rings. The molecule has 0 aliphatic carbocycles. The lowest BCUT2D eigenvalue weighted by atomic mass is 10.0. The highest BCUT2D eigenvalue weighted by molar-refractivity contribution is 6.32. The number of hydrogen-bond acceptors (Lipinski definition) is 0. The van der Waals surface area contributed by atoms with Gasteiger partial charge in [-0.05, 0) is 37.5 Å². The molecule has 0 aromatic heterocycles. The molecule has 70 valence electrons. The van der Waals surface area contributed by atoms with E-state index in [4.69, 9.17) is 11.6 Å². The standard InChI is InChI=1S/C12H15Cl/c1-4-9(2)10(3)11-7-5-6-8-12(11)13/h5-8H,4H2,1-3H3/b10-9-. The molecule has 0 radical (unpaired) electrons. The number of halogens is 1. The lowest BCUT2D eigenvalue weighted by Gasteiger charge is -2.07. The summed E-state index contributed by atoms with van der Waals surface area (Å²) >= 11 is 6.09. The van der Waals surface area contributed by atoms with Gasteiger partial charge in [0.05, 0.1) is 0 Å². The van der Waals surface area contributed by atoms with Crippen LogP contribution in [0.5, 0.6) is 0 Å². The van der Waals surface area contributed by atoms with Gasteiger partial charge in [-0.25, -0.2) is 0 Å². The van der Waals surface area contributed by atoms with Gasteiger partial charge < -0.3 is 0 Å². The predicted octanol–water partition coefficient (Wildman–Crippen LogP) is 4.54. The van der Waals surface area contributed by atoms with E-state index >= 15 is 0 Å². The van der Waals surface area contributed by atoms with Crippen molar-refractivity contribution in [1.82, 2.24) is 0 Å². The Morgan fingerprint density at radius 1 is 1.23 bits per heavy atom. The van der Waals surface area contributed by atoms with E-state index in [2.05, 4.69) is 26.8 Å². The number of allylic oxidation sites excluding steroid dienone is 2. The second-order valence-electron chi connectivity index (χ2n) is 3.24. The van der Waals surface area contributed by atoms with Crippen LogP contribution in [0.25, 0.3) is 5.57 Å². The van der Waals surface area contributed by atoms with E-state index in [0.717, 1.165) is 17.0 Å². The van der Waals surface area contributed by atoms with Gasteiger partial charge in [0, 0.05) is 5.02 Å². The van der Waals surface area contributed by atoms with Crippen LogP contribution in [-0.2, 0) is 0 Å². The first-order chi connectivity index (χ1) is 6.16. The predicted molar refractivity (Wildman–Crippen MR) is 60.0 cm³/mol. The molecule has 0 bridgehead atoms. The van der Waals surface area contributed by atoms with Gasteiger partial charge >= 0.3 is 0 Å². The van der Waals surface area contributed by atoms with E-state index < -0.39 is 0 Å². The second-order valence-corrected chi connectivity index (χ2v) is 3.65. The first kappa shape index (κ1) is 10.3. The molecular formula is C12H15Cl. The fourth-order valence-corrected chi connectivity index (χ4v) is 1.54. The molecule has 13 heavy (non-hydrogen) atoms. The fourth-order valence-electron chi connectivity index (χ4n) is 1.26. The summed E-state index contributed by atoms with van der Waals surface area (Å²) in [5.74, 6) is 0. The molecule has 0 N–H and O–H groups in total. The molecule has 1 aromatic carbocycles. The van der Waals surface area contributed by atoms with E-state index in [1.54, 1.807) is 0 Å².